The van der Waals surface area contributed by atoms with Gasteiger partial charge < -0.3 is 10.4 Å². The Kier molecular flexibility index (Phi) is 5.62. The maximum absolute atomic E-state index is 12.5. The first kappa shape index (κ1) is 18.1. The van der Waals surface area contributed by atoms with Gasteiger partial charge in [0, 0.05) is 22.8 Å². The van der Waals surface area contributed by atoms with Gasteiger partial charge in [-0.2, -0.15) is 0 Å². The Morgan fingerprint density at radius 1 is 1.12 bits per heavy atom. The topological polar surface area (TPSA) is 108 Å². The summed E-state index contributed by atoms with van der Waals surface area (Å²) in [6.45, 7) is 0. The number of nitrogens with one attached hydrogen (secondary N) is 2. The Labute approximate surface area is 154 Å². The fourth-order valence-electron chi connectivity index (χ4n) is 3.17. The second-order valence-electron chi connectivity index (χ2n) is 6.20. The summed E-state index contributed by atoms with van der Waals surface area (Å²) < 4.78 is 0. The summed E-state index contributed by atoms with van der Waals surface area (Å²) >= 11 is 1.31. The minimum absolute atomic E-state index is 0.311. The molecular weight excluding hydrogens is 354 g/mol. The van der Waals surface area contributed by atoms with E-state index in [1.54, 1.807) is 35.8 Å². The summed E-state index contributed by atoms with van der Waals surface area (Å²) in [5, 5.41) is 17.0. The van der Waals surface area contributed by atoms with Crippen LogP contribution in [-0.4, -0.2) is 27.9 Å². The minimum atomic E-state index is -0.929. The van der Waals surface area contributed by atoms with E-state index in [1.807, 2.05) is 0 Å². The molecule has 2 atom stereocenters. The van der Waals surface area contributed by atoms with Gasteiger partial charge in [0.05, 0.1) is 11.8 Å². The molecule has 1 aliphatic carbocycles. The van der Waals surface area contributed by atoms with Crippen LogP contribution in [-0.2, 0) is 9.59 Å². The molecule has 26 heavy (non-hydrogen) atoms. The number of aliphatic carboxylic acids is 1. The van der Waals surface area contributed by atoms with Gasteiger partial charge in [-0.1, -0.05) is 18.9 Å². The highest BCUT2D eigenvalue weighted by Crippen LogP contribution is 2.31. The van der Waals surface area contributed by atoms with Crippen molar-refractivity contribution in [3.63, 3.8) is 0 Å². The third-order valence-electron chi connectivity index (χ3n) is 4.47. The molecule has 2 unspecified atom stereocenters. The van der Waals surface area contributed by atoms with Crippen molar-refractivity contribution in [2.45, 2.75) is 25.7 Å². The molecule has 0 saturated heterocycles. The van der Waals surface area contributed by atoms with Gasteiger partial charge in [-0.15, -0.1) is 11.3 Å². The van der Waals surface area contributed by atoms with E-state index in [1.165, 1.54) is 11.3 Å². The lowest BCUT2D eigenvalue weighted by Gasteiger charge is -2.27. The van der Waals surface area contributed by atoms with Crippen LogP contribution in [0.4, 0.5) is 10.8 Å². The number of hydrogen-bond acceptors (Lipinski definition) is 5. The van der Waals surface area contributed by atoms with Crippen LogP contribution < -0.4 is 10.6 Å². The van der Waals surface area contributed by atoms with Gasteiger partial charge in [0.1, 0.15) is 0 Å². The average molecular weight is 373 g/mol. The SMILES string of the molecule is O=C(Nc1nccs1)c1cccc(NC(=O)C2CCCCC2C(=O)O)c1. The van der Waals surface area contributed by atoms with Gasteiger partial charge in [-0.05, 0) is 31.0 Å². The molecule has 1 aromatic heterocycles. The molecule has 1 heterocycles. The number of aromatic nitrogens is 1. The second kappa shape index (κ2) is 8.09. The molecule has 8 heteroatoms. The molecule has 3 N–H and O–H groups in total. The number of benzene rings is 1. The molecule has 0 bridgehead atoms. The second-order valence-corrected chi connectivity index (χ2v) is 7.09. The minimum Gasteiger partial charge on any atom is -0.481 e. The van der Waals surface area contributed by atoms with E-state index < -0.39 is 17.8 Å². The smallest absolute Gasteiger partial charge is 0.307 e. The van der Waals surface area contributed by atoms with Gasteiger partial charge in [-0.3, -0.25) is 19.7 Å². The first-order valence-electron chi connectivity index (χ1n) is 8.39. The number of amides is 2. The van der Waals surface area contributed by atoms with Crippen molar-refractivity contribution >= 4 is 39.9 Å². The number of carbonyl (C=O) groups is 3. The zero-order valence-electron chi connectivity index (χ0n) is 14.0. The van der Waals surface area contributed by atoms with Crippen molar-refractivity contribution in [1.82, 2.24) is 4.98 Å². The van der Waals surface area contributed by atoms with Crippen LogP contribution in [0.5, 0.6) is 0 Å². The molecule has 2 aromatic rings. The van der Waals surface area contributed by atoms with Crippen molar-refractivity contribution in [3.05, 3.63) is 41.4 Å². The first-order chi connectivity index (χ1) is 12.5. The summed E-state index contributed by atoms with van der Waals surface area (Å²) in [6, 6.07) is 6.55. The fourth-order valence-corrected chi connectivity index (χ4v) is 3.69. The van der Waals surface area contributed by atoms with Gasteiger partial charge in [0.15, 0.2) is 5.13 Å². The lowest BCUT2D eigenvalue weighted by molar-refractivity contribution is -0.147. The van der Waals surface area contributed by atoms with Crippen LogP contribution in [0.15, 0.2) is 35.8 Å². The van der Waals surface area contributed by atoms with Crippen LogP contribution >= 0.6 is 11.3 Å². The Morgan fingerprint density at radius 2 is 1.88 bits per heavy atom. The Balaban J connectivity index is 1.68. The predicted molar refractivity (Wildman–Crippen MR) is 98.2 cm³/mol. The van der Waals surface area contributed by atoms with Gasteiger partial charge in [0.25, 0.3) is 5.91 Å². The zero-order chi connectivity index (χ0) is 18.5. The maximum atomic E-state index is 12.5. The summed E-state index contributed by atoms with van der Waals surface area (Å²) in [5.74, 6) is -2.76. The standard InChI is InChI=1S/C18H19N3O4S/c22-15(21-18-19-8-9-26-18)11-4-3-5-12(10-11)20-16(23)13-6-1-2-7-14(13)17(24)25/h3-5,8-10,13-14H,1-2,6-7H2,(H,20,23)(H,24,25)(H,19,21,22). The van der Waals surface area contributed by atoms with E-state index in [2.05, 4.69) is 15.6 Å². The number of rotatable bonds is 5. The number of anilines is 2. The lowest BCUT2D eigenvalue weighted by Crippen LogP contribution is -2.36. The first-order valence-corrected chi connectivity index (χ1v) is 9.27. The number of carboxylic acid groups (broad SMARTS) is 1. The monoisotopic (exact) mass is 373 g/mol. The van der Waals surface area contributed by atoms with Gasteiger partial charge >= 0.3 is 5.97 Å². The van der Waals surface area contributed by atoms with Crippen molar-refractivity contribution in [3.8, 4) is 0 Å². The number of carboxylic acids is 1. The summed E-state index contributed by atoms with van der Waals surface area (Å²) in [5.41, 5.74) is 0.855. The number of thiazole rings is 1. The summed E-state index contributed by atoms with van der Waals surface area (Å²) in [4.78, 5) is 40.2. The quantitative estimate of drug-likeness (QED) is 0.746. The van der Waals surface area contributed by atoms with Gasteiger partial charge in [0.2, 0.25) is 5.91 Å². The average Bonchev–Trinajstić information content (AvgIpc) is 3.15. The Bertz CT molecular complexity index is 807. The van der Waals surface area contributed by atoms with Crippen LogP contribution in [0, 0.1) is 11.8 Å². The molecule has 136 valence electrons. The zero-order valence-corrected chi connectivity index (χ0v) is 14.8. The molecule has 0 spiro atoms. The molecule has 2 amide bonds. The van der Waals surface area contributed by atoms with Crippen LogP contribution in [0.3, 0.4) is 0 Å². The molecule has 0 aliphatic heterocycles. The van der Waals surface area contributed by atoms with Gasteiger partial charge in [-0.25, -0.2) is 4.98 Å². The van der Waals surface area contributed by atoms with Crippen LogP contribution in [0.25, 0.3) is 0 Å². The third-order valence-corrected chi connectivity index (χ3v) is 5.15. The molecule has 1 aromatic carbocycles. The van der Waals surface area contributed by atoms with E-state index in [4.69, 9.17) is 0 Å². The van der Waals surface area contributed by atoms with E-state index in [-0.39, 0.29) is 11.8 Å². The molecular formula is C18H19N3O4S. The van der Waals surface area contributed by atoms with E-state index in [0.29, 0.717) is 29.2 Å². The molecule has 1 aliphatic rings. The number of nitrogens with zero attached hydrogens (tertiary/aromatic N) is 1. The predicted octanol–water partition coefficient (Wildman–Crippen LogP) is 3.22. The highest BCUT2D eigenvalue weighted by atomic mass is 32.1. The molecule has 7 nitrogen and oxygen atoms in total. The van der Waals surface area contributed by atoms with E-state index in [0.717, 1.165) is 12.8 Å². The summed E-state index contributed by atoms with van der Waals surface area (Å²) in [6.07, 6.45) is 4.35. The maximum Gasteiger partial charge on any atom is 0.307 e. The van der Waals surface area contributed by atoms with Crippen molar-refractivity contribution < 1.29 is 19.5 Å². The molecule has 1 saturated carbocycles. The van der Waals surface area contributed by atoms with E-state index >= 15 is 0 Å². The Hall–Kier alpha value is -2.74. The van der Waals surface area contributed by atoms with E-state index in [9.17, 15) is 19.5 Å². The fraction of sp³-hybridized carbons (Fsp3) is 0.333. The normalized spacial score (nSPS) is 19.5. The molecule has 0 radical (unpaired) electrons. The lowest BCUT2D eigenvalue weighted by atomic mass is 9.78. The highest BCUT2D eigenvalue weighted by Gasteiger charge is 2.35. The highest BCUT2D eigenvalue weighted by molar-refractivity contribution is 7.13. The summed E-state index contributed by atoms with van der Waals surface area (Å²) in [7, 11) is 0. The number of hydrogen-bond donors (Lipinski definition) is 3. The van der Waals surface area contributed by atoms with Crippen molar-refractivity contribution in [2.75, 3.05) is 10.6 Å². The molecule has 3 rings (SSSR count). The van der Waals surface area contributed by atoms with Crippen LogP contribution in [0.1, 0.15) is 36.0 Å². The van der Waals surface area contributed by atoms with Crippen molar-refractivity contribution in [1.29, 1.82) is 0 Å². The number of carbonyl (C=O) groups excluding carboxylic acids is 2. The molecule has 1 fully saturated rings. The Morgan fingerprint density at radius 3 is 2.58 bits per heavy atom. The van der Waals surface area contributed by atoms with Crippen LogP contribution in [0.2, 0.25) is 0 Å². The largest absolute Gasteiger partial charge is 0.481 e. The van der Waals surface area contributed by atoms with Crippen molar-refractivity contribution in [2.24, 2.45) is 11.8 Å². The third kappa shape index (κ3) is 4.26.